The minimum Gasteiger partial charge on any atom is -0.344 e. The lowest BCUT2D eigenvalue weighted by atomic mass is 9.75. The van der Waals surface area contributed by atoms with Crippen LogP contribution in [0.4, 0.5) is 0 Å². The first kappa shape index (κ1) is 13.8. The molecule has 2 aliphatic carbocycles. The summed E-state index contributed by atoms with van der Waals surface area (Å²) in [4.78, 5) is 16.6. The second kappa shape index (κ2) is 5.17. The lowest BCUT2D eigenvalue weighted by Gasteiger charge is -2.49. The van der Waals surface area contributed by atoms with E-state index in [2.05, 4.69) is 19.0 Å². The van der Waals surface area contributed by atoms with Gasteiger partial charge in [-0.3, -0.25) is 4.79 Å². The van der Waals surface area contributed by atoms with Crippen LogP contribution in [0.15, 0.2) is 0 Å². The first-order chi connectivity index (χ1) is 8.44. The number of nitrogens with zero attached hydrogens (tertiary/aromatic N) is 2. The van der Waals surface area contributed by atoms with Crippen molar-refractivity contribution in [2.75, 3.05) is 27.7 Å². The standard InChI is InChI=1S/C14H27N3O/c1-16(2)14(7-4-8-14)10-17(3)13(18)11-5-6-12(15)9-11/h11-12H,4-10,15H2,1-3H3. The molecule has 0 aromatic rings. The Hall–Kier alpha value is -0.610. The van der Waals surface area contributed by atoms with Crippen LogP contribution in [0.3, 0.4) is 0 Å². The molecule has 2 N–H and O–H groups in total. The van der Waals surface area contributed by atoms with Gasteiger partial charge in [0.25, 0.3) is 0 Å². The number of carbonyl (C=O) groups excluding carboxylic acids is 1. The summed E-state index contributed by atoms with van der Waals surface area (Å²) in [6.07, 6.45) is 6.55. The first-order valence-electron chi connectivity index (χ1n) is 7.12. The molecule has 104 valence electrons. The van der Waals surface area contributed by atoms with E-state index in [1.165, 1.54) is 19.3 Å². The molecule has 2 aliphatic rings. The maximum absolute atomic E-state index is 12.4. The van der Waals surface area contributed by atoms with Gasteiger partial charge in [-0.1, -0.05) is 0 Å². The third kappa shape index (κ3) is 2.54. The minimum absolute atomic E-state index is 0.171. The van der Waals surface area contributed by atoms with Crippen LogP contribution >= 0.6 is 0 Å². The van der Waals surface area contributed by atoms with Gasteiger partial charge in [-0.15, -0.1) is 0 Å². The zero-order valence-corrected chi connectivity index (χ0v) is 12.0. The lowest BCUT2D eigenvalue weighted by Crippen LogP contribution is -2.57. The van der Waals surface area contributed by atoms with Gasteiger partial charge in [0, 0.05) is 31.1 Å². The Morgan fingerprint density at radius 2 is 1.94 bits per heavy atom. The number of hydrogen-bond acceptors (Lipinski definition) is 3. The van der Waals surface area contributed by atoms with Gasteiger partial charge in [-0.2, -0.15) is 0 Å². The number of carbonyl (C=O) groups is 1. The molecule has 0 aromatic carbocycles. The second-order valence-corrected chi connectivity index (χ2v) is 6.44. The highest BCUT2D eigenvalue weighted by Crippen LogP contribution is 2.37. The molecule has 2 unspecified atom stereocenters. The zero-order valence-electron chi connectivity index (χ0n) is 12.0. The SMILES string of the molecule is CN(CC1(N(C)C)CCC1)C(=O)C1CCC(N)C1. The van der Waals surface area contributed by atoms with Gasteiger partial charge < -0.3 is 15.5 Å². The fourth-order valence-electron chi connectivity index (χ4n) is 3.40. The van der Waals surface area contributed by atoms with Crippen molar-refractivity contribution in [2.24, 2.45) is 11.7 Å². The number of nitrogens with two attached hydrogens (primary N) is 1. The van der Waals surface area contributed by atoms with Crippen molar-refractivity contribution in [2.45, 2.75) is 50.1 Å². The Morgan fingerprint density at radius 1 is 1.28 bits per heavy atom. The average Bonchev–Trinajstić information content (AvgIpc) is 2.68. The molecule has 4 heteroatoms. The normalized spacial score (nSPS) is 30.3. The van der Waals surface area contributed by atoms with Crippen LogP contribution in [0, 0.1) is 5.92 Å². The molecular weight excluding hydrogens is 226 g/mol. The molecule has 2 atom stereocenters. The maximum atomic E-state index is 12.4. The maximum Gasteiger partial charge on any atom is 0.225 e. The van der Waals surface area contributed by atoms with E-state index in [9.17, 15) is 4.79 Å². The number of hydrogen-bond donors (Lipinski definition) is 1. The van der Waals surface area contributed by atoms with E-state index in [1.807, 2.05) is 11.9 Å². The third-order valence-corrected chi connectivity index (χ3v) is 4.96. The Balaban J connectivity index is 1.91. The summed E-state index contributed by atoms with van der Waals surface area (Å²) in [5.41, 5.74) is 6.12. The topological polar surface area (TPSA) is 49.6 Å². The number of rotatable bonds is 4. The van der Waals surface area contributed by atoms with Gasteiger partial charge in [-0.25, -0.2) is 0 Å². The van der Waals surface area contributed by atoms with Gasteiger partial charge in [0.1, 0.15) is 0 Å². The van der Waals surface area contributed by atoms with Crippen molar-refractivity contribution in [3.8, 4) is 0 Å². The summed E-state index contributed by atoms with van der Waals surface area (Å²) in [5, 5.41) is 0. The van der Waals surface area contributed by atoms with Crippen LogP contribution in [0.2, 0.25) is 0 Å². The van der Waals surface area contributed by atoms with Crippen molar-refractivity contribution < 1.29 is 4.79 Å². The Morgan fingerprint density at radius 3 is 2.33 bits per heavy atom. The van der Waals surface area contributed by atoms with Crippen LogP contribution in [0.25, 0.3) is 0 Å². The van der Waals surface area contributed by atoms with Crippen molar-refractivity contribution in [1.82, 2.24) is 9.80 Å². The van der Waals surface area contributed by atoms with Gasteiger partial charge in [0.15, 0.2) is 0 Å². The molecule has 18 heavy (non-hydrogen) atoms. The smallest absolute Gasteiger partial charge is 0.225 e. The quantitative estimate of drug-likeness (QED) is 0.815. The lowest BCUT2D eigenvalue weighted by molar-refractivity contribution is -0.136. The molecule has 0 aliphatic heterocycles. The predicted octanol–water partition coefficient (Wildman–Crippen LogP) is 1.06. The molecule has 0 saturated heterocycles. The van der Waals surface area contributed by atoms with Crippen molar-refractivity contribution in [3.63, 3.8) is 0 Å². The van der Waals surface area contributed by atoms with Crippen LogP contribution in [0.5, 0.6) is 0 Å². The second-order valence-electron chi connectivity index (χ2n) is 6.44. The summed E-state index contributed by atoms with van der Waals surface area (Å²) >= 11 is 0. The van der Waals surface area contributed by atoms with Gasteiger partial charge in [-0.05, 0) is 52.6 Å². The fraction of sp³-hybridized carbons (Fsp3) is 0.929. The summed E-state index contributed by atoms with van der Waals surface area (Å²) < 4.78 is 0. The highest BCUT2D eigenvalue weighted by Gasteiger charge is 2.41. The molecule has 0 spiro atoms. The molecule has 0 aromatic heterocycles. The van der Waals surface area contributed by atoms with E-state index in [1.54, 1.807) is 0 Å². The fourth-order valence-corrected chi connectivity index (χ4v) is 3.40. The Bertz CT molecular complexity index is 312. The van der Waals surface area contributed by atoms with Crippen LogP contribution in [-0.2, 0) is 4.79 Å². The zero-order chi connectivity index (χ0) is 13.3. The van der Waals surface area contributed by atoms with E-state index in [4.69, 9.17) is 5.73 Å². The highest BCUT2D eigenvalue weighted by molar-refractivity contribution is 5.79. The Kier molecular flexibility index (Phi) is 3.97. The van der Waals surface area contributed by atoms with E-state index < -0.39 is 0 Å². The van der Waals surface area contributed by atoms with E-state index >= 15 is 0 Å². The van der Waals surface area contributed by atoms with Crippen LogP contribution in [-0.4, -0.2) is 55.0 Å². The molecule has 1 amide bonds. The van der Waals surface area contributed by atoms with E-state index in [0.717, 1.165) is 25.8 Å². The monoisotopic (exact) mass is 253 g/mol. The van der Waals surface area contributed by atoms with Crippen molar-refractivity contribution >= 4 is 5.91 Å². The summed E-state index contributed by atoms with van der Waals surface area (Å²) in [6, 6.07) is 0.235. The van der Waals surface area contributed by atoms with Crippen LogP contribution < -0.4 is 5.73 Å². The van der Waals surface area contributed by atoms with Crippen molar-refractivity contribution in [1.29, 1.82) is 0 Å². The van der Waals surface area contributed by atoms with E-state index in [0.29, 0.717) is 5.91 Å². The largest absolute Gasteiger partial charge is 0.344 e. The highest BCUT2D eigenvalue weighted by atomic mass is 16.2. The molecule has 4 nitrogen and oxygen atoms in total. The number of amides is 1. The molecule has 0 radical (unpaired) electrons. The molecule has 2 saturated carbocycles. The van der Waals surface area contributed by atoms with Crippen LogP contribution in [0.1, 0.15) is 38.5 Å². The molecule has 0 bridgehead atoms. The molecule has 2 fully saturated rings. The third-order valence-electron chi connectivity index (χ3n) is 4.96. The summed E-state index contributed by atoms with van der Waals surface area (Å²) in [6.45, 7) is 0.866. The minimum atomic E-state index is 0.171. The summed E-state index contributed by atoms with van der Waals surface area (Å²) in [5.74, 6) is 0.473. The van der Waals surface area contributed by atoms with Gasteiger partial charge in [0.05, 0.1) is 0 Å². The Labute approximate surface area is 110 Å². The average molecular weight is 253 g/mol. The summed E-state index contributed by atoms with van der Waals surface area (Å²) in [7, 11) is 6.21. The molecular formula is C14H27N3O. The van der Waals surface area contributed by atoms with Crippen molar-refractivity contribution in [3.05, 3.63) is 0 Å². The van der Waals surface area contributed by atoms with Gasteiger partial charge >= 0.3 is 0 Å². The first-order valence-corrected chi connectivity index (χ1v) is 7.12. The number of likely N-dealkylation sites (N-methyl/N-ethyl adjacent to an activating group) is 2. The molecule has 2 rings (SSSR count). The van der Waals surface area contributed by atoms with E-state index in [-0.39, 0.29) is 17.5 Å². The predicted molar refractivity (Wildman–Crippen MR) is 73.2 cm³/mol. The molecule has 0 heterocycles. The van der Waals surface area contributed by atoms with Gasteiger partial charge in [0.2, 0.25) is 5.91 Å².